The van der Waals surface area contributed by atoms with Crippen molar-refractivity contribution in [3.05, 3.63) is 287 Å². The second-order valence-electron chi connectivity index (χ2n) is 18.5. The van der Waals surface area contributed by atoms with E-state index in [4.69, 9.17) is 0 Å². The van der Waals surface area contributed by atoms with Gasteiger partial charge in [0, 0.05) is 11.1 Å². The molecule has 4 heteroatoms. The lowest BCUT2D eigenvalue weighted by Gasteiger charge is -2.36. The molecule has 14 rings (SSSR count). The minimum Gasteiger partial charge on any atom is -0.508 e. The summed E-state index contributed by atoms with van der Waals surface area (Å²) in [7, 11) is 0. The number of aromatic hydroxyl groups is 4. The maximum Gasteiger partial charge on any atom is 0.121 e. The maximum absolute atomic E-state index is 11.6. The standard InChI is InChI=1S/2C33H22O2/c34-29-19-17-21-9-1-3-11-23(21)31(29)33(32-24-12-4-2-10-22(24)18-20-30(32)35)27-15-7-5-13-25(27)26-14-6-8-16-28(26)33;34-27-15-11-21-17-25(13-9-23(21)19-27)33(26-14-10-24-20-28(35)16-12-22(24)18-26)31-7-3-1-5-29(31)30-6-2-4-8-32(30)33/h2*1-20,34-35H. The van der Waals surface area contributed by atoms with Crippen molar-refractivity contribution in [2.24, 2.45) is 0 Å². The summed E-state index contributed by atoms with van der Waals surface area (Å²) < 4.78 is 0. The highest BCUT2D eigenvalue weighted by atomic mass is 16.3. The summed E-state index contributed by atoms with van der Waals surface area (Å²) in [5, 5.41) is 51.5. The number of fused-ring (bicyclic) bond motifs is 10. The Bertz CT molecular complexity index is 3830. The number of hydrogen-bond donors (Lipinski definition) is 4. The van der Waals surface area contributed by atoms with Gasteiger partial charge in [0.15, 0.2) is 0 Å². The Kier molecular flexibility index (Phi) is 9.24. The molecule has 0 saturated carbocycles. The summed E-state index contributed by atoms with van der Waals surface area (Å²) in [6.45, 7) is 0. The van der Waals surface area contributed by atoms with Crippen LogP contribution in [0.2, 0.25) is 0 Å². The quantitative estimate of drug-likeness (QED) is 0.142. The Morgan fingerprint density at radius 1 is 0.243 bits per heavy atom. The molecule has 0 radical (unpaired) electrons. The zero-order valence-electron chi connectivity index (χ0n) is 37.9. The molecule has 0 atom stereocenters. The number of benzene rings is 12. The molecular weight excluding hydrogens is 857 g/mol. The smallest absolute Gasteiger partial charge is 0.121 e. The van der Waals surface area contributed by atoms with Crippen LogP contribution >= 0.6 is 0 Å². The van der Waals surface area contributed by atoms with Crippen LogP contribution in [0.15, 0.2) is 243 Å². The van der Waals surface area contributed by atoms with Gasteiger partial charge in [-0.2, -0.15) is 0 Å². The molecule has 0 amide bonds. The molecule has 70 heavy (non-hydrogen) atoms. The highest BCUT2D eigenvalue weighted by molar-refractivity contribution is 6.01. The molecule has 4 nitrogen and oxygen atoms in total. The fourth-order valence-electron chi connectivity index (χ4n) is 12.2. The van der Waals surface area contributed by atoms with Crippen LogP contribution in [0.3, 0.4) is 0 Å². The van der Waals surface area contributed by atoms with Gasteiger partial charge in [0.1, 0.15) is 23.0 Å². The summed E-state index contributed by atoms with van der Waals surface area (Å²) in [4.78, 5) is 0. The highest BCUT2D eigenvalue weighted by Gasteiger charge is 2.50. The van der Waals surface area contributed by atoms with Gasteiger partial charge in [0.25, 0.3) is 0 Å². The number of phenols is 4. The van der Waals surface area contributed by atoms with Gasteiger partial charge in [-0.15, -0.1) is 0 Å². The fourth-order valence-corrected chi connectivity index (χ4v) is 12.2. The molecule has 4 N–H and O–H groups in total. The first kappa shape index (κ1) is 41.1. The average Bonchev–Trinajstić information content (AvgIpc) is 3.87. The van der Waals surface area contributed by atoms with E-state index in [2.05, 4.69) is 146 Å². The number of rotatable bonds is 4. The average molecular weight is 901 g/mol. The molecule has 0 heterocycles. The third-order valence-electron chi connectivity index (χ3n) is 15.0. The van der Waals surface area contributed by atoms with Gasteiger partial charge in [-0.1, -0.05) is 194 Å². The van der Waals surface area contributed by atoms with Crippen LogP contribution in [0.5, 0.6) is 23.0 Å². The Balaban J connectivity index is 0.000000137. The van der Waals surface area contributed by atoms with Crippen LogP contribution in [0.25, 0.3) is 65.3 Å². The van der Waals surface area contributed by atoms with E-state index < -0.39 is 10.8 Å². The van der Waals surface area contributed by atoms with E-state index in [0.717, 1.165) is 76.5 Å². The van der Waals surface area contributed by atoms with Crippen LogP contribution in [-0.4, -0.2) is 20.4 Å². The maximum atomic E-state index is 11.6. The number of phenolic OH excluding ortho intramolecular Hbond substituents is 4. The molecule has 0 fully saturated rings. The largest absolute Gasteiger partial charge is 0.508 e. The highest BCUT2D eigenvalue weighted by Crippen LogP contribution is 2.62. The fraction of sp³-hybridized carbons (Fsp3) is 0.0303. The van der Waals surface area contributed by atoms with Gasteiger partial charge in [0.2, 0.25) is 0 Å². The van der Waals surface area contributed by atoms with Crippen molar-refractivity contribution in [2.45, 2.75) is 10.8 Å². The molecule has 0 aromatic heterocycles. The lowest BCUT2D eigenvalue weighted by Crippen LogP contribution is -2.29. The molecular formula is C66H44O4. The van der Waals surface area contributed by atoms with Crippen LogP contribution in [0.1, 0.15) is 44.5 Å². The summed E-state index contributed by atoms with van der Waals surface area (Å²) in [5.74, 6) is 0.966. The van der Waals surface area contributed by atoms with Gasteiger partial charge in [-0.05, 0) is 147 Å². The first-order valence-electron chi connectivity index (χ1n) is 23.6. The van der Waals surface area contributed by atoms with E-state index in [0.29, 0.717) is 0 Å². The third-order valence-corrected chi connectivity index (χ3v) is 15.0. The zero-order chi connectivity index (χ0) is 47.1. The van der Waals surface area contributed by atoms with Crippen molar-refractivity contribution in [2.75, 3.05) is 0 Å². The van der Waals surface area contributed by atoms with E-state index in [1.54, 1.807) is 24.3 Å². The molecule has 12 aromatic rings. The van der Waals surface area contributed by atoms with Crippen molar-refractivity contribution in [1.82, 2.24) is 0 Å². The van der Waals surface area contributed by atoms with E-state index in [1.165, 1.54) is 33.4 Å². The summed E-state index contributed by atoms with van der Waals surface area (Å²) in [6.07, 6.45) is 0. The summed E-state index contributed by atoms with van der Waals surface area (Å²) in [5.41, 5.74) is 11.9. The van der Waals surface area contributed by atoms with Crippen molar-refractivity contribution >= 4 is 43.1 Å². The molecule has 2 aliphatic carbocycles. The van der Waals surface area contributed by atoms with Gasteiger partial charge in [0.05, 0.1) is 10.8 Å². The van der Waals surface area contributed by atoms with E-state index in [9.17, 15) is 20.4 Å². The molecule has 0 saturated heterocycles. The number of hydrogen-bond acceptors (Lipinski definition) is 4. The first-order valence-corrected chi connectivity index (χ1v) is 23.6. The Labute approximate surface area is 404 Å². The van der Waals surface area contributed by atoms with Crippen LogP contribution < -0.4 is 0 Å². The molecule has 2 aliphatic rings. The van der Waals surface area contributed by atoms with E-state index in [1.807, 2.05) is 72.8 Å². The van der Waals surface area contributed by atoms with Gasteiger partial charge < -0.3 is 20.4 Å². The van der Waals surface area contributed by atoms with Crippen LogP contribution in [-0.2, 0) is 10.8 Å². The SMILES string of the molecule is Oc1ccc2cc(C3(c4ccc5cc(O)ccc5c4)c4ccccc4-c4ccccc43)ccc2c1.Oc1ccc2ccccc2c1C1(c2c(O)ccc3ccccc23)c2ccccc2-c2ccccc21. The summed E-state index contributed by atoms with van der Waals surface area (Å²) >= 11 is 0. The van der Waals surface area contributed by atoms with Crippen molar-refractivity contribution in [3.63, 3.8) is 0 Å². The normalized spacial score (nSPS) is 13.6. The lowest BCUT2D eigenvalue weighted by molar-refractivity contribution is 0.451. The van der Waals surface area contributed by atoms with Crippen molar-refractivity contribution in [1.29, 1.82) is 0 Å². The van der Waals surface area contributed by atoms with Crippen molar-refractivity contribution in [3.8, 4) is 45.3 Å². The Morgan fingerprint density at radius 3 is 0.971 bits per heavy atom. The monoisotopic (exact) mass is 900 g/mol. The minimum atomic E-state index is -0.914. The molecule has 0 aliphatic heterocycles. The van der Waals surface area contributed by atoms with E-state index in [-0.39, 0.29) is 23.0 Å². The molecule has 12 aromatic carbocycles. The topological polar surface area (TPSA) is 80.9 Å². The predicted octanol–water partition coefficient (Wildman–Crippen LogP) is 15.5. The zero-order valence-corrected chi connectivity index (χ0v) is 37.9. The first-order chi connectivity index (χ1) is 34.3. The van der Waals surface area contributed by atoms with Gasteiger partial charge in [-0.25, -0.2) is 0 Å². The second-order valence-corrected chi connectivity index (χ2v) is 18.5. The molecule has 0 bridgehead atoms. The summed E-state index contributed by atoms with van der Waals surface area (Å²) in [6, 6.07) is 82.1. The van der Waals surface area contributed by atoms with Gasteiger partial charge >= 0.3 is 0 Å². The van der Waals surface area contributed by atoms with Crippen LogP contribution in [0, 0.1) is 0 Å². The lowest BCUT2D eigenvalue weighted by atomic mass is 9.65. The molecule has 332 valence electrons. The Hall–Kier alpha value is -9.12. The minimum absolute atomic E-state index is 0.211. The molecule has 0 spiro atoms. The van der Waals surface area contributed by atoms with Crippen LogP contribution in [0.4, 0.5) is 0 Å². The third kappa shape index (κ3) is 5.90. The Morgan fingerprint density at radius 2 is 0.557 bits per heavy atom. The van der Waals surface area contributed by atoms with Crippen molar-refractivity contribution < 1.29 is 20.4 Å². The second kappa shape index (κ2) is 15.7. The molecule has 0 unspecified atom stereocenters. The predicted molar refractivity (Wildman–Crippen MR) is 284 cm³/mol. The van der Waals surface area contributed by atoms with Gasteiger partial charge in [-0.3, -0.25) is 0 Å². The van der Waals surface area contributed by atoms with E-state index >= 15 is 0 Å².